The number of pyridine rings is 1. The van der Waals surface area contributed by atoms with Gasteiger partial charge in [0, 0.05) is 18.6 Å². The quantitative estimate of drug-likeness (QED) is 0.805. The van der Waals surface area contributed by atoms with Crippen molar-refractivity contribution in [3.63, 3.8) is 0 Å². The average Bonchev–Trinajstić information content (AvgIpc) is 2.71. The average molecular weight is 202 g/mol. The SMILES string of the molecule is O=C(Cn1cccn1)Nc1ccccn1. The number of aromatic nitrogens is 3. The summed E-state index contributed by atoms with van der Waals surface area (Å²) in [6, 6.07) is 7.12. The Morgan fingerprint density at radius 3 is 2.93 bits per heavy atom. The van der Waals surface area contributed by atoms with Crippen molar-refractivity contribution in [3.8, 4) is 0 Å². The Kier molecular flexibility index (Phi) is 2.73. The molecule has 2 aromatic rings. The van der Waals surface area contributed by atoms with Crippen molar-refractivity contribution in [1.82, 2.24) is 14.8 Å². The van der Waals surface area contributed by atoms with Crippen LogP contribution in [-0.2, 0) is 11.3 Å². The Hall–Kier alpha value is -2.17. The van der Waals surface area contributed by atoms with Gasteiger partial charge in [0.1, 0.15) is 12.4 Å². The lowest BCUT2D eigenvalue weighted by Gasteiger charge is -2.03. The van der Waals surface area contributed by atoms with Gasteiger partial charge in [0.2, 0.25) is 5.91 Å². The van der Waals surface area contributed by atoms with E-state index in [1.54, 1.807) is 41.5 Å². The van der Waals surface area contributed by atoms with E-state index in [1.165, 1.54) is 0 Å². The molecule has 0 bridgehead atoms. The van der Waals surface area contributed by atoms with E-state index in [1.807, 2.05) is 6.07 Å². The molecular weight excluding hydrogens is 192 g/mol. The van der Waals surface area contributed by atoms with Crippen LogP contribution in [0.5, 0.6) is 0 Å². The van der Waals surface area contributed by atoms with E-state index in [-0.39, 0.29) is 12.5 Å². The zero-order chi connectivity index (χ0) is 10.5. The summed E-state index contributed by atoms with van der Waals surface area (Å²) in [6.07, 6.45) is 5.00. The molecule has 0 aliphatic heterocycles. The number of nitrogens with zero attached hydrogens (tertiary/aromatic N) is 3. The molecule has 0 spiro atoms. The van der Waals surface area contributed by atoms with Crippen LogP contribution in [0.15, 0.2) is 42.9 Å². The molecule has 2 rings (SSSR count). The molecule has 0 saturated carbocycles. The van der Waals surface area contributed by atoms with Crippen molar-refractivity contribution in [2.75, 3.05) is 5.32 Å². The first-order chi connectivity index (χ1) is 7.34. The molecule has 0 unspecified atom stereocenters. The largest absolute Gasteiger partial charge is 0.309 e. The Bertz CT molecular complexity index is 424. The molecule has 0 aromatic carbocycles. The number of rotatable bonds is 3. The van der Waals surface area contributed by atoms with E-state index in [4.69, 9.17) is 0 Å². The zero-order valence-electron chi connectivity index (χ0n) is 8.00. The lowest BCUT2D eigenvalue weighted by atomic mass is 10.4. The molecule has 0 saturated heterocycles. The fourth-order valence-corrected chi connectivity index (χ4v) is 1.16. The summed E-state index contributed by atoms with van der Waals surface area (Å²) in [5.74, 6) is 0.409. The molecule has 0 radical (unpaired) electrons. The van der Waals surface area contributed by atoms with E-state index < -0.39 is 0 Å². The van der Waals surface area contributed by atoms with Crippen LogP contribution in [0.1, 0.15) is 0 Å². The molecule has 2 heterocycles. The van der Waals surface area contributed by atoms with Gasteiger partial charge in [0.25, 0.3) is 0 Å². The summed E-state index contributed by atoms with van der Waals surface area (Å²) >= 11 is 0. The highest BCUT2D eigenvalue weighted by molar-refractivity contribution is 5.89. The van der Waals surface area contributed by atoms with Crippen molar-refractivity contribution < 1.29 is 4.79 Å². The molecule has 2 aromatic heterocycles. The summed E-state index contributed by atoms with van der Waals surface area (Å²) in [5.41, 5.74) is 0. The summed E-state index contributed by atoms with van der Waals surface area (Å²) in [4.78, 5) is 15.5. The standard InChI is InChI=1S/C10H10N4O/c15-10(8-14-7-3-6-12-14)13-9-4-1-2-5-11-9/h1-7H,8H2,(H,11,13,15). The monoisotopic (exact) mass is 202 g/mol. The van der Waals surface area contributed by atoms with Gasteiger partial charge in [-0.25, -0.2) is 4.98 Å². The topological polar surface area (TPSA) is 59.8 Å². The second-order valence-corrected chi connectivity index (χ2v) is 2.97. The number of hydrogen-bond donors (Lipinski definition) is 1. The number of nitrogens with one attached hydrogen (secondary N) is 1. The fourth-order valence-electron chi connectivity index (χ4n) is 1.16. The smallest absolute Gasteiger partial charge is 0.247 e. The summed E-state index contributed by atoms with van der Waals surface area (Å²) in [5, 5.41) is 6.60. The molecule has 0 atom stereocenters. The lowest BCUT2D eigenvalue weighted by Crippen LogP contribution is -2.19. The highest BCUT2D eigenvalue weighted by atomic mass is 16.2. The highest BCUT2D eigenvalue weighted by Gasteiger charge is 2.03. The molecule has 0 aliphatic carbocycles. The minimum absolute atomic E-state index is 0.141. The maximum Gasteiger partial charge on any atom is 0.247 e. The van der Waals surface area contributed by atoms with E-state index in [9.17, 15) is 4.79 Å². The third kappa shape index (κ3) is 2.63. The Morgan fingerprint density at radius 1 is 1.33 bits per heavy atom. The summed E-state index contributed by atoms with van der Waals surface area (Å²) in [7, 11) is 0. The van der Waals surface area contributed by atoms with E-state index >= 15 is 0 Å². The second kappa shape index (κ2) is 4.36. The number of amides is 1. The number of carbonyl (C=O) groups excluding carboxylic acids is 1. The Morgan fingerprint density at radius 2 is 2.27 bits per heavy atom. The molecule has 0 fully saturated rings. The van der Waals surface area contributed by atoms with Gasteiger partial charge in [0.05, 0.1) is 0 Å². The molecule has 1 amide bonds. The first kappa shape index (κ1) is 9.39. The van der Waals surface area contributed by atoms with Crippen LogP contribution in [-0.4, -0.2) is 20.7 Å². The zero-order valence-corrected chi connectivity index (χ0v) is 8.00. The Balaban J connectivity index is 1.94. The number of hydrogen-bond acceptors (Lipinski definition) is 3. The minimum atomic E-state index is -0.141. The van der Waals surface area contributed by atoms with E-state index in [2.05, 4.69) is 15.4 Å². The number of anilines is 1. The van der Waals surface area contributed by atoms with Crippen LogP contribution in [0.4, 0.5) is 5.82 Å². The minimum Gasteiger partial charge on any atom is -0.309 e. The molecule has 1 N–H and O–H groups in total. The molecule has 0 aliphatic rings. The van der Waals surface area contributed by atoms with Crippen molar-refractivity contribution in [3.05, 3.63) is 42.9 Å². The summed E-state index contributed by atoms with van der Waals surface area (Å²) in [6.45, 7) is 0.198. The molecule has 15 heavy (non-hydrogen) atoms. The number of carbonyl (C=O) groups is 1. The third-order valence-corrected chi connectivity index (χ3v) is 1.80. The van der Waals surface area contributed by atoms with Crippen LogP contribution in [0.2, 0.25) is 0 Å². The molecular formula is C10H10N4O. The normalized spacial score (nSPS) is 9.87. The van der Waals surface area contributed by atoms with Gasteiger partial charge in [-0.2, -0.15) is 5.10 Å². The van der Waals surface area contributed by atoms with Gasteiger partial charge in [-0.1, -0.05) is 6.07 Å². The summed E-state index contributed by atoms with van der Waals surface area (Å²) < 4.78 is 1.55. The fraction of sp³-hybridized carbons (Fsp3) is 0.100. The van der Waals surface area contributed by atoms with Crippen LogP contribution >= 0.6 is 0 Å². The van der Waals surface area contributed by atoms with Crippen molar-refractivity contribution in [2.45, 2.75) is 6.54 Å². The van der Waals surface area contributed by atoms with Gasteiger partial charge in [-0.05, 0) is 18.2 Å². The first-order valence-electron chi connectivity index (χ1n) is 4.53. The molecule has 5 heteroatoms. The third-order valence-electron chi connectivity index (χ3n) is 1.80. The van der Waals surface area contributed by atoms with Crippen LogP contribution in [0.25, 0.3) is 0 Å². The predicted octanol–water partition coefficient (Wildman–Crippen LogP) is 0.917. The van der Waals surface area contributed by atoms with Crippen molar-refractivity contribution in [1.29, 1.82) is 0 Å². The predicted molar refractivity (Wildman–Crippen MR) is 55.1 cm³/mol. The van der Waals surface area contributed by atoms with Crippen LogP contribution < -0.4 is 5.32 Å². The van der Waals surface area contributed by atoms with E-state index in [0.29, 0.717) is 5.82 Å². The van der Waals surface area contributed by atoms with Gasteiger partial charge < -0.3 is 5.32 Å². The highest BCUT2D eigenvalue weighted by Crippen LogP contribution is 1.99. The van der Waals surface area contributed by atoms with Crippen molar-refractivity contribution in [2.24, 2.45) is 0 Å². The maximum absolute atomic E-state index is 11.5. The van der Waals surface area contributed by atoms with Crippen LogP contribution in [0.3, 0.4) is 0 Å². The first-order valence-corrected chi connectivity index (χ1v) is 4.53. The van der Waals surface area contributed by atoms with Gasteiger partial charge >= 0.3 is 0 Å². The molecule has 76 valence electrons. The van der Waals surface area contributed by atoms with Crippen LogP contribution in [0, 0.1) is 0 Å². The molecule has 5 nitrogen and oxygen atoms in total. The second-order valence-electron chi connectivity index (χ2n) is 2.97. The van der Waals surface area contributed by atoms with Crippen molar-refractivity contribution >= 4 is 11.7 Å². The lowest BCUT2D eigenvalue weighted by molar-refractivity contribution is -0.116. The van der Waals surface area contributed by atoms with Gasteiger partial charge in [-0.15, -0.1) is 0 Å². The van der Waals surface area contributed by atoms with E-state index in [0.717, 1.165) is 0 Å². The van der Waals surface area contributed by atoms with Gasteiger partial charge in [-0.3, -0.25) is 9.48 Å². The van der Waals surface area contributed by atoms with Gasteiger partial charge in [0.15, 0.2) is 0 Å². The Labute approximate surface area is 86.8 Å². The maximum atomic E-state index is 11.5.